The summed E-state index contributed by atoms with van der Waals surface area (Å²) in [5, 5.41) is 0. The van der Waals surface area contributed by atoms with Crippen molar-refractivity contribution in [2.75, 3.05) is 6.26 Å². The van der Waals surface area contributed by atoms with Gasteiger partial charge in [0.2, 0.25) is 5.91 Å². The lowest BCUT2D eigenvalue weighted by Crippen LogP contribution is -2.21. The smallest absolute Gasteiger partial charge is 0.220 e. The van der Waals surface area contributed by atoms with E-state index in [4.69, 9.17) is 0 Å². The van der Waals surface area contributed by atoms with Gasteiger partial charge in [-0.2, -0.15) is 0 Å². The van der Waals surface area contributed by atoms with E-state index in [2.05, 4.69) is 0 Å². The summed E-state index contributed by atoms with van der Waals surface area (Å²) in [6, 6.07) is 5.04. The summed E-state index contributed by atoms with van der Waals surface area (Å²) in [4.78, 5) is 13.2. The van der Waals surface area contributed by atoms with Crippen LogP contribution >= 0.6 is 0 Å². The molecule has 86 valence electrons. The van der Waals surface area contributed by atoms with Crippen LogP contribution in [0.1, 0.15) is 18.1 Å². The first-order valence-corrected chi connectivity index (χ1v) is 6.84. The molecular formula is C11H13NO3S. The monoisotopic (exact) mass is 239 g/mol. The molecule has 4 nitrogen and oxygen atoms in total. The van der Waals surface area contributed by atoms with Crippen LogP contribution in [0.2, 0.25) is 0 Å². The lowest BCUT2D eigenvalue weighted by Gasteiger charge is -2.10. The van der Waals surface area contributed by atoms with Gasteiger partial charge in [0.05, 0.1) is 4.90 Å². The van der Waals surface area contributed by atoms with Crippen LogP contribution in [-0.2, 0) is 27.7 Å². The molecule has 0 aromatic heterocycles. The molecule has 0 fully saturated rings. The molecule has 1 aliphatic rings. The maximum Gasteiger partial charge on any atom is 0.220 e. The van der Waals surface area contributed by atoms with Crippen molar-refractivity contribution in [2.45, 2.75) is 24.9 Å². The van der Waals surface area contributed by atoms with Crippen molar-refractivity contribution in [3.63, 3.8) is 0 Å². The fourth-order valence-electron chi connectivity index (χ4n) is 1.82. The zero-order chi connectivity index (χ0) is 11.9. The molecule has 0 unspecified atom stereocenters. The van der Waals surface area contributed by atoms with Crippen molar-refractivity contribution in [2.24, 2.45) is 0 Å². The van der Waals surface area contributed by atoms with Crippen LogP contribution in [-0.4, -0.2) is 25.5 Å². The summed E-state index contributed by atoms with van der Waals surface area (Å²) < 4.78 is 22.7. The third kappa shape index (κ3) is 1.95. The Balaban J connectivity index is 2.39. The van der Waals surface area contributed by atoms with Gasteiger partial charge in [-0.25, -0.2) is 8.42 Å². The average Bonchev–Trinajstić information content (AvgIpc) is 2.58. The second kappa shape index (κ2) is 3.59. The standard InChI is InChI=1S/C11H13NO3S/c1-8(13)12-6-9-3-4-11(16(2,14)15)5-10(9)7-12/h3-5H,6-7H2,1-2H3. The zero-order valence-corrected chi connectivity index (χ0v) is 10.0. The molecule has 1 amide bonds. The first-order valence-electron chi connectivity index (χ1n) is 4.95. The Bertz CT molecular complexity index is 548. The fraction of sp³-hybridized carbons (Fsp3) is 0.364. The van der Waals surface area contributed by atoms with Crippen molar-refractivity contribution in [1.29, 1.82) is 0 Å². The average molecular weight is 239 g/mol. The van der Waals surface area contributed by atoms with Gasteiger partial charge in [0.1, 0.15) is 0 Å². The Hall–Kier alpha value is -1.36. The molecule has 1 heterocycles. The predicted octanol–water partition coefficient (Wildman–Crippen LogP) is 0.952. The van der Waals surface area contributed by atoms with Gasteiger partial charge in [0.15, 0.2) is 9.84 Å². The number of hydrogen-bond acceptors (Lipinski definition) is 3. The molecule has 0 saturated carbocycles. The van der Waals surface area contributed by atoms with Gasteiger partial charge in [-0.15, -0.1) is 0 Å². The summed E-state index contributed by atoms with van der Waals surface area (Å²) in [6.45, 7) is 2.60. The van der Waals surface area contributed by atoms with Crippen LogP contribution in [0.3, 0.4) is 0 Å². The van der Waals surface area contributed by atoms with Gasteiger partial charge in [-0.3, -0.25) is 4.79 Å². The van der Waals surface area contributed by atoms with Gasteiger partial charge in [0, 0.05) is 26.3 Å². The minimum Gasteiger partial charge on any atom is -0.334 e. The Morgan fingerprint density at radius 1 is 1.25 bits per heavy atom. The Labute approximate surface area is 94.8 Å². The minimum absolute atomic E-state index is 0.0112. The topological polar surface area (TPSA) is 54.5 Å². The molecule has 0 bridgehead atoms. The summed E-state index contributed by atoms with van der Waals surface area (Å²) in [6.07, 6.45) is 1.19. The van der Waals surface area contributed by atoms with E-state index in [-0.39, 0.29) is 5.91 Å². The van der Waals surface area contributed by atoms with E-state index in [0.29, 0.717) is 18.0 Å². The fourth-order valence-corrected chi connectivity index (χ4v) is 2.50. The summed E-state index contributed by atoms with van der Waals surface area (Å²) in [5.41, 5.74) is 1.96. The van der Waals surface area contributed by atoms with Crippen LogP contribution in [0, 0.1) is 0 Å². The lowest BCUT2D eigenvalue weighted by atomic mass is 10.1. The molecule has 1 aliphatic heterocycles. The number of sulfone groups is 1. The number of nitrogens with zero attached hydrogens (tertiary/aromatic N) is 1. The van der Waals surface area contributed by atoms with Crippen LogP contribution in [0.15, 0.2) is 23.1 Å². The third-order valence-corrected chi connectivity index (χ3v) is 3.88. The molecule has 0 saturated heterocycles. The first-order chi connectivity index (χ1) is 7.38. The number of benzene rings is 1. The van der Waals surface area contributed by atoms with Crippen molar-refractivity contribution in [1.82, 2.24) is 4.90 Å². The quantitative estimate of drug-likeness (QED) is 0.733. The number of fused-ring (bicyclic) bond motifs is 1. The third-order valence-electron chi connectivity index (χ3n) is 2.77. The molecule has 5 heteroatoms. The maximum absolute atomic E-state index is 11.4. The highest BCUT2D eigenvalue weighted by molar-refractivity contribution is 7.90. The van der Waals surface area contributed by atoms with Crippen molar-refractivity contribution < 1.29 is 13.2 Å². The van der Waals surface area contributed by atoms with Gasteiger partial charge >= 0.3 is 0 Å². The highest BCUT2D eigenvalue weighted by atomic mass is 32.2. The van der Waals surface area contributed by atoms with E-state index < -0.39 is 9.84 Å². The molecule has 0 aliphatic carbocycles. The number of rotatable bonds is 1. The highest BCUT2D eigenvalue weighted by Crippen LogP contribution is 2.25. The van der Waals surface area contributed by atoms with Crippen LogP contribution in [0.5, 0.6) is 0 Å². The van der Waals surface area contributed by atoms with E-state index in [9.17, 15) is 13.2 Å². The largest absolute Gasteiger partial charge is 0.334 e. The molecule has 2 rings (SSSR count). The van der Waals surface area contributed by atoms with Crippen LogP contribution in [0.4, 0.5) is 0 Å². The second-order valence-electron chi connectivity index (χ2n) is 4.08. The van der Waals surface area contributed by atoms with Gasteiger partial charge in [0.25, 0.3) is 0 Å². The second-order valence-corrected chi connectivity index (χ2v) is 6.09. The van der Waals surface area contributed by atoms with Crippen LogP contribution in [0.25, 0.3) is 0 Å². The molecule has 0 atom stereocenters. The molecule has 0 spiro atoms. The first kappa shape index (κ1) is 11.1. The molecular weight excluding hydrogens is 226 g/mol. The zero-order valence-electron chi connectivity index (χ0n) is 9.23. The minimum atomic E-state index is -3.17. The number of amides is 1. The van der Waals surface area contributed by atoms with Gasteiger partial charge in [-0.1, -0.05) is 6.07 Å². The molecule has 1 aromatic rings. The van der Waals surface area contributed by atoms with E-state index in [1.54, 1.807) is 23.1 Å². The van der Waals surface area contributed by atoms with Crippen molar-refractivity contribution in [3.8, 4) is 0 Å². The van der Waals surface area contributed by atoms with Gasteiger partial charge in [-0.05, 0) is 23.3 Å². The van der Waals surface area contributed by atoms with E-state index in [0.717, 1.165) is 11.1 Å². The molecule has 1 aromatic carbocycles. The Kier molecular flexibility index (Phi) is 2.50. The predicted molar refractivity (Wildman–Crippen MR) is 59.5 cm³/mol. The van der Waals surface area contributed by atoms with Gasteiger partial charge < -0.3 is 4.90 Å². The van der Waals surface area contributed by atoms with Crippen molar-refractivity contribution in [3.05, 3.63) is 29.3 Å². The number of hydrogen-bond donors (Lipinski definition) is 0. The van der Waals surface area contributed by atoms with Crippen molar-refractivity contribution >= 4 is 15.7 Å². The van der Waals surface area contributed by atoms with E-state index >= 15 is 0 Å². The molecule has 0 radical (unpaired) electrons. The summed E-state index contributed by atoms with van der Waals surface area (Å²) in [7, 11) is -3.17. The summed E-state index contributed by atoms with van der Waals surface area (Å²) in [5.74, 6) is 0.0112. The molecule has 0 N–H and O–H groups in total. The van der Waals surface area contributed by atoms with Crippen LogP contribution < -0.4 is 0 Å². The SMILES string of the molecule is CC(=O)N1Cc2ccc(S(C)(=O)=O)cc2C1. The number of carbonyl (C=O) groups is 1. The van der Waals surface area contributed by atoms with E-state index in [1.165, 1.54) is 13.2 Å². The Morgan fingerprint density at radius 3 is 2.44 bits per heavy atom. The summed E-state index contributed by atoms with van der Waals surface area (Å²) >= 11 is 0. The molecule has 16 heavy (non-hydrogen) atoms. The maximum atomic E-state index is 11.4. The Morgan fingerprint density at radius 2 is 1.88 bits per heavy atom. The normalized spacial score (nSPS) is 15.0. The lowest BCUT2D eigenvalue weighted by molar-refractivity contribution is -0.129. The van der Waals surface area contributed by atoms with E-state index in [1.807, 2.05) is 0 Å². The number of carbonyl (C=O) groups excluding carboxylic acids is 1. The highest BCUT2D eigenvalue weighted by Gasteiger charge is 2.22.